The molecule has 0 aromatic carbocycles. The number of aliphatic hydroxyl groups is 1. The van der Waals surface area contributed by atoms with Crippen LogP contribution in [-0.2, 0) is 17.8 Å². The van der Waals surface area contributed by atoms with E-state index in [1.165, 1.54) is 5.56 Å². The number of hydrogen-bond acceptors (Lipinski definition) is 2. The first-order chi connectivity index (χ1) is 9.19. The zero-order valence-corrected chi connectivity index (χ0v) is 11.5. The van der Waals surface area contributed by atoms with Gasteiger partial charge in [0.1, 0.15) is 6.54 Å². The average Bonchev–Trinajstić information content (AvgIpc) is 3.11. The minimum atomic E-state index is -0.342. The van der Waals surface area contributed by atoms with Crippen LogP contribution in [0.3, 0.4) is 0 Å². The van der Waals surface area contributed by atoms with E-state index >= 15 is 0 Å². The van der Waals surface area contributed by atoms with Crippen molar-refractivity contribution in [1.82, 2.24) is 9.47 Å². The van der Waals surface area contributed by atoms with Gasteiger partial charge in [0.25, 0.3) is 0 Å². The Labute approximate surface area is 114 Å². The van der Waals surface area contributed by atoms with Crippen molar-refractivity contribution >= 4 is 5.91 Å². The summed E-state index contributed by atoms with van der Waals surface area (Å²) in [6, 6.07) is 0.480. The maximum absolute atomic E-state index is 12.3. The van der Waals surface area contributed by atoms with Crippen LogP contribution in [0, 0.1) is 0 Å². The number of likely N-dealkylation sites (N-methyl/N-ethyl adjacent to an activating group) is 1. The Morgan fingerprint density at radius 1 is 1.42 bits per heavy atom. The number of aliphatic hydroxyl groups excluding tert-OH is 1. The highest BCUT2D eigenvalue weighted by molar-refractivity contribution is 5.76. The molecule has 0 saturated heterocycles. The molecule has 1 atom stereocenters. The monoisotopic (exact) mass is 262 g/mol. The molecule has 0 aliphatic heterocycles. The number of rotatable bonds is 4. The van der Waals surface area contributed by atoms with Gasteiger partial charge in [-0.05, 0) is 44.6 Å². The van der Waals surface area contributed by atoms with Gasteiger partial charge in [0, 0.05) is 30.5 Å². The van der Waals surface area contributed by atoms with Gasteiger partial charge in [-0.25, -0.2) is 0 Å². The molecule has 1 fully saturated rings. The fourth-order valence-corrected chi connectivity index (χ4v) is 3.09. The molecule has 1 N–H and O–H groups in total. The highest BCUT2D eigenvalue weighted by atomic mass is 16.3. The summed E-state index contributed by atoms with van der Waals surface area (Å²) in [5.74, 6) is 0.201. The molecular weight excluding hydrogens is 240 g/mol. The number of aryl methyl sites for hydroxylation is 1. The second-order valence-electron chi connectivity index (χ2n) is 5.73. The third-order valence-corrected chi connectivity index (χ3v) is 4.25. The molecule has 4 heteroatoms. The standard InChI is InChI=1S/C15H22N2O2/c1-2-17(12-6-7-12)15(19)10-16-8-11-4-3-5-14(18)13(11)9-16/h8-9,12,14,18H,2-7,10H2,1H3. The summed E-state index contributed by atoms with van der Waals surface area (Å²) in [5, 5.41) is 9.95. The lowest BCUT2D eigenvalue weighted by Gasteiger charge is -2.20. The lowest BCUT2D eigenvalue weighted by atomic mass is 9.93. The van der Waals surface area contributed by atoms with Gasteiger partial charge in [0.2, 0.25) is 5.91 Å². The van der Waals surface area contributed by atoms with Crippen molar-refractivity contribution in [3.05, 3.63) is 23.5 Å². The molecule has 0 bridgehead atoms. The lowest BCUT2D eigenvalue weighted by Crippen LogP contribution is -2.35. The first kappa shape index (κ1) is 12.7. The maximum Gasteiger partial charge on any atom is 0.242 e. The molecule has 1 saturated carbocycles. The Hall–Kier alpha value is -1.29. The number of carbonyl (C=O) groups excluding carboxylic acids is 1. The second-order valence-corrected chi connectivity index (χ2v) is 5.73. The van der Waals surface area contributed by atoms with Gasteiger partial charge in [-0.2, -0.15) is 0 Å². The van der Waals surface area contributed by atoms with Gasteiger partial charge in [-0.15, -0.1) is 0 Å². The molecule has 1 amide bonds. The molecule has 2 aliphatic rings. The first-order valence-electron chi connectivity index (χ1n) is 7.35. The van der Waals surface area contributed by atoms with Crippen LogP contribution in [0.4, 0.5) is 0 Å². The van der Waals surface area contributed by atoms with Crippen molar-refractivity contribution in [2.75, 3.05) is 6.54 Å². The number of fused-ring (bicyclic) bond motifs is 1. The predicted octanol–water partition coefficient (Wildman–Crippen LogP) is 1.87. The van der Waals surface area contributed by atoms with Crippen LogP contribution in [0.15, 0.2) is 12.4 Å². The zero-order valence-electron chi connectivity index (χ0n) is 11.5. The first-order valence-corrected chi connectivity index (χ1v) is 7.35. The van der Waals surface area contributed by atoms with Crippen LogP contribution in [-0.4, -0.2) is 33.1 Å². The SMILES string of the molecule is CCN(C(=O)Cn1cc2c(c1)C(O)CCC2)C1CC1. The maximum atomic E-state index is 12.3. The molecule has 19 heavy (non-hydrogen) atoms. The highest BCUT2D eigenvalue weighted by Gasteiger charge is 2.31. The molecule has 4 nitrogen and oxygen atoms in total. The number of nitrogens with zero attached hydrogens (tertiary/aromatic N) is 2. The van der Waals surface area contributed by atoms with Crippen molar-refractivity contribution in [3.63, 3.8) is 0 Å². The Bertz CT molecular complexity index is 476. The second kappa shape index (κ2) is 5.00. The minimum absolute atomic E-state index is 0.201. The van der Waals surface area contributed by atoms with E-state index in [2.05, 4.69) is 0 Å². The normalized spacial score (nSPS) is 22.1. The van der Waals surface area contributed by atoms with Gasteiger partial charge in [-0.3, -0.25) is 4.79 Å². The van der Waals surface area contributed by atoms with E-state index in [-0.39, 0.29) is 12.0 Å². The van der Waals surface area contributed by atoms with Crippen LogP contribution < -0.4 is 0 Å². The summed E-state index contributed by atoms with van der Waals surface area (Å²) in [6.45, 7) is 3.25. The molecule has 3 rings (SSSR count). The quantitative estimate of drug-likeness (QED) is 0.900. The van der Waals surface area contributed by atoms with Crippen molar-refractivity contribution in [2.45, 2.75) is 57.7 Å². The summed E-state index contributed by atoms with van der Waals surface area (Å²) in [5.41, 5.74) is 2.23. The van der Waals surface area contributed by atoms with Crippen molar-refractivity contribution in [2.24, 2.45) is 0 Å². The Morgan fingerprint density at radius 3 is 2.84 bits per heavy atom. The van der Waals surface area contributed by atoms with Crippen molar-refractivity contribution in [1.29, 1.82) is 0 Å². The molecule has 1 aromatic heterocycles. The Kier molecular flexibility index (Phi) is 3.35. The van der Waals surface area contributed by atoms with Gasteiger partial charge in [-0.1, -0.05) is 0 Å². The largest absolute Gasteiger partial charge is 0.388 e. The molecule has 1 heterocycles. The smallest absolute Gasteiger partial charge is 0.242 e. The minimum Gasteiger partial charge on any atom is -0.388 e. The van der Waals surface area contributed by atoms with E-state index in [1.807, 2.05) is 28.8 Å². The van der Waals surface area contributed by atoms with Crippen LogP contribution in [0.5, 0.6) is 0 Å². The van der Waals surface area contributed by atoms with E-state index in [0.717, 1.165) is 44.2 Å². The molecule has 2 aliphatic carbocycles. The average molecular weight is 262 g/mol. The topological polar surface area (TPSA) is 45.5 Å². The molecule has 0 spiro atoms. The fourth-order valence-electron chi connectivity index (χ4n) is 3.09. The third-order valence-electron chi connectivity index (χ3n) is 4.25. The number of aromatic nitrogens is 1. The molecule has 104 valence electrons. The molecule has 1 aromatic rings. The van der Waals surface area contributed by atoms with Crippen LogP contribution in [0.1, 0.15) is 49.8 Å². The summed E-state index contributed by atoms with van der Waals surface area (Å²) >= 11 is 0. The highest BCUT2D eigenvalue weighted by Crippen LogP contribution is 2.30. The molecule has 1 unspecified atom stereocenters. The zero-order chi connectivity index (χ0) is 13.4. The van der Waals surface area contributed by atoms with Gasteiger partial charge in [0.15, 0.2) is 0 Å². The van der Waals surface area contributed by atoms with Crippen LogP contribution >= 0.6 is 0 Å². The predicted molar refractivity (Wildman–Crippen MR) is 72.7 cm³/mol. The van der Waals surface area contributed by atoms with Gasteiger partial charge in [0.05, 0.1) is 6.10 Å². The van der Waals surface area contributed by atoms with Crippen molar-refractivity contribution < 1.29 is 9.90 Å². The third kappa shape index (κ3) is 2.54. The summed E-state index contributed by atoms with van der Waals surface area (Å²) in [4.78, 5) is 14.2. The van der Waals surface area contributed by atoms with Crippen LogP contribution in [0.2, 0.25) is 0 Å². The Morgan fingerprint density at radius 2 is 2.21 bits per heavy atom. The number of hydrogen-bond donors (Lipinski definition) is 1. The van der Waals surface area contributed by atoms with E-state index in [1.54, 1.807) is 0 Å². The lowest BCUT2D eigenvalue weighted by molar-refractivity contribution is -0.132. The summed E-state index contributed by atoms with van der Waals surface area (Å²) < 4.78 is 1.95. The summed E-state index contributed by atoms with van der Waals surface area (Å²) in [6.07, 6.45) is 8.86. The van der Waals surface area contributed by atoms with E-state index in [9.17, 15) is 9.90 Å². The Balaban J connectivity index is 1.71. The van der Waals surface area contributed by atoms with E-state index in [0.29, 0.717) is 12.6 Å². The van der Waals surface area contributed by atoms with E-state index in [4.69, 9.17) is 0 Å². The van der Waals surface area contributed by atoms with Gasteiger partial charge < -0.3 is 14.6 Å². The molecular formula is C15H22N2O2. The van der Waals surface area contributed by atoms with E-state index < -0.39 is 0 Å². The summed E-state index contributed by atoms with van der Waals surface area (Å²) in [7, 11) is 0. The fraction of sp³-hybridized carbons (Fsp3) is 0.667. The van der Waals surface area contributed by atoms with Crippen LogP contribution in [0.25, 0.3) is 0 Å². The van der Waals surface area contributed by atoms with Crippen molar-refractivity contribution in [3.8, 4) is 0 Å². The van der Waals surface area contributed by atoms with Gasteiger partial charge >= 0.3 is 0 Å². The molecule has 0 radical (unpaired) electrons. The number of amides is 1. The number of carbonyl (C=O) groups is 1.